The molecule has 0 aliphatic heterocycles. The molecule has 0 amide bonds. The third kappa shape index (κ3) is 6.02. The first-order chi connectivity index (χ1) is 7.90. The van der Waals surface area contributed by atoms with Gasteiger partial charge in [0, 0.05) is 10.9 Å². The molecule has 0 radical (unpaired) electrons. The van der Waals surface area contributed by atoms with Crippen molar-refractivity contribution >= 4 is 22.2 Å². The molecule has 0 heterocycles. The molecule has 0 spiro atoms. The number of rotatable bonds is 5. The predicted octanol–water partition coefficient (Wildman–Crippen LogP) is 4.63. The summed E-state index contributed by atoms with van der Waals surface area (Å²) in [7, 11) is 0. The smallest absolute Gasteiger partial charge is 0.120 e. The minimum Gasteiger partial charge on any atom is -0.303 e. The first kappa shape index (κ1) is 14.4. The first-order valence-corrected chi connectivity index (χ1v) is 6.88. The second-order valence-electron chi connectivity index (χ2n) is 5.86. The number of carbonyl (C=O) groups is 1. The van der Waals surface area contributed by atoms with Crippen LogP contribution in [0.1, 0.15) is 39.2 Å². The highest BCUT2D eigenvalue weighted by molar-refractivity contribution is 9.10. The van der Waals surface area contributed by atoms with Gasteiger partial charge in [0.15, 0.2) is 0 Å². The van der Waals surface area contributed by atoms with Crippen molar-refractivity contribution in [3.63, 3.8) is 0 Å². The first-order valence-electron chi connectivity index (χ1n) is 6.09. The van der Waals surface area contributed by atoms with E-state index in [4.69, 9.17) is 0 Å². The summed E-state index contributed by atoms with van der Waals surface area (Å²) in [6.45, 7) is 6.69. The maximum atomic E-state index is 10.7. The van der Waals surface area contributed by atoms with Crippen molar-refractivity contribution in [3.8, 4) is 0 Å². The predicted molar refractivity (Wildman–Crippen MR) is 76.1 cm³/mol. The molecule has 0 bridgehead atoms. The molecule has 1 unspecified atom stereocenters. The molecule has 1 rings (SSSR count). The number of halogens is 1. The van der Waals surface area contributed by atoms with Crippen LogP contribution in [0.4, 0.5) is 0 Å². The van der Waals surface area contributed by atoms with E-state index in [0.717, 1.165) is 23.6 Å². The van der Waals surface area contributed by atoms with Gasteiger partial charge in [-0.15, -0.1) is 0 Å². The highest BCUT2D eigenvalue weighted by Gasteiger charge is 2.18. The Hall–Kier alpha value is -0.630. The van der Waals surface area contributed by atoms with Crippen LogP contribution >= 0.6 is 15.9 Å². The highest BCUT2D eigenvalue weighted by Crippen LogP contribution is 2.28. The molecule has 0 saturated carbocycles. The molecule has 1 nitrogen and oxygen atoms in total. The van der Waals surface area contributed by atoms with Gasteiger partial charge in [-0.25, -0.2) is 0 Å². The summed E-state index contributed by atoms with van der Waals surface area (Å²) in [5.41, 5.74) is 1.59. The second-order valence-corrected chi connectivity index (χ2v) is 6.78. The molecule has 0 N–H and O–H groups in total. The number of carbonyl (C=O) groups excluding carboxylic acids is 1. The van der Waals surface area contributed by atoms with E-state index < -0.39 is 0 Å². The topological polar surface area (TPSA) is 17.1 Å². The second kappa shape index (κ2) is 6.34. The minimum absolute atomic E-state index is 0.281. The molecular weight excluding hydrogens is 276 g/mol. The van der Waals surface area contributed by atoms with E-state index in [1.807, 2.05) is 0 Å². The van der Waals surface area contributed by atoms with Gasteiger partial charge in [-0.2, -0.15) is 0 Å². The number of hydrogen-bond donors (Lipinski definition) is 0. The zero-order valence-corrected chi connectivity index (χ0v) is 12.5. The molecule has 0 aliphatic rings. The van der Waals surface area contributed by atoms with Crippen molar-refractivity contribution < 1.29 is 4.79 Å². The summed E-state index contributed by atoms with van der Waals surface area (Å²) in [5.74, 6) is 0.452. The van der Waals surface area contributed by atoms with Crippen LogP contribution in [0.2, 0.25) is 0 Å². The Morgan fingerprint density at radius 3 is 2.29 bits per heavy atom. The maximum absolute atomic E-state index is 10.7. The highest BCUT2D eigenvalue weighted by atomic mass is 79.9. The van der Waals surface area contributed by atoms with Crippen molar-refractivity contribution in [2.24, 2.45) is 11.3 Å². The number of aldehydes is 1. The summed E-state index contributed by atoms with van der Waals surface area (Å²) >= 11 is 3.44. The van der Waals surface area contributed by atoms with Gasteiger partial charge in [0.25, 0.3) is 0 Å². The zero-order chi connectivity index (χ0) is 12.9. The lowest BCUT2D eigenvalue weighted by Crippen LogP contribution is -2.16. The molecule has 0 fully saturated rings. The standard InChI is InChI=1S/C15H21BrO/c1-15(2,3)11-13(8-9-17)10-12-4-6-14(16)7-5-12/h4-7,9,13H,8,10-11H2,1-3H3. The lowest BCUT2D eigenvalue weighted by molar-refractivity contribution is -0.108. The van der Waals surface area contributed by atoms with Gasteiger partial charge in [0.05, 0.1) is 0 Å². The van der Waals surface area contributed by atoms with Gasteiger partial charge in [-0.3, -0.25) is 0 Å². The van der Waals surface area contributed by atoms with E-state index in [-0.39, 0.29) is 5.41 Å². The maximum Gasteiger partial charge on any atom is 0.120 e. The largest absolute Gasteiger partial charge is 0.303 e. The zero-order valence-electron chi connectivity index (χ0n) is 10.9. The van der Waals surface area contributed by atoms with Crippen molar-refractivity contribution in [1.82, 2.24) is 0 Å². The molecule has 1 aromatic rings. The van der Waals surface area contributed by atoms with Gasteiger partial charge in [-0.1, -0.05) is 48.8 Å². The summed E-state index contributed by atoms with van der Waals surface area (Å²) in [6, 6.07) is 8.38. The molecule has 17 heavy (non-hydrogen) atoms. The monoisotopic (exact) mass is 296 g/mol. The summed E-state index contributed by atoms with van der Waals surface area (Å²) in [4.78, 5) is 10.7. The van der Waals surface area contributed by atoms with Crippen LogP contribution in [0.5, 0.6) is 0 Å². The van der Waals surface area contributed by atoms with Crippen LogP contribution in [0.15, 0.2) is 28.7 Å². The lowest BCUT2D eigenvalue weighted by atomic mass is 9.81. The quantitative estimate of drug-likeness (QED) is 0.724. The fraction of sp³-hybridized carbons (Fsp3) is 0.533. The number of hydrogen-bond acceptors (Lipinski definition) is 1. The summed E-state index contributed by atoms with van der Waals surface area (Å²) in [5, 5.41) is 0. The van der Waals surface area contributed by atoms with Crippen LogP contribution in [-0.2, 0) is 11.2 Å². The van der Waals surface area contributed by atoms with E-state index in [1.54, 1.807) is 0 Å². The van der Waals surface area contributed by atoms with E-state index in [1.165, 1.54) is 5.56 Å². The van der Waals surface area contributed by atoms with Gasteiger partial charge in [0.1, 0.15) is 6.29 Å². The van der Waals surface area contributed by atoms with Crippen molar-refractivity contribution in [1.29, 1.82) is 0 Å². The van der Waals surface area contributed by atoms with Gasteiger partial charge < -0.3 is 4.79 Å². The Morgan fingerprint density at radius 1 is 1.24 bits per heavy atom. The SMILES string of the molecule is CC(C)(C)CC(CC=O)Cc1ccc(Br)cc1. The average Bonchev–Trinajstić information content (AvgIpc) is 2.19. The Bertz CT molecular complexity index is 348. The van der Waals surface area contributed by atoms with E-state index >= 15 is 0 Å². The molecule has 0 aliphatic carbocycles. The van der Waals surface area contributed by atoms with Crippen LogP contribution in [0.3, 0.4) is 0 Å². The molecule has 0 aromatic heterocycles. The Kier molecular flexibility index (Phi) is 5.38. The van der Waals surface area contributed by atoms with Crippen LogP contribution in [-0.4, -0.2) is 6.29 Å². The molecule has 0 saturated heterocycles. The molecule has 1 atom stereocenters. The molecule has 2 heteroatoms. The van der Waals surface area contributed by atoms with E-state index in [9.17, 15) is 4.79 Å². The van der Waals surface area contributed by atoms with Crippen molar-refractivity contribution in [3.05, 3.63) is 34.3 Å². The molecule has 94 valence electrons. The fourth-order valence-electron chi connectivity index (χ4n) is 2.19. The van der Waals surface area contributed by atoms with E-state index in [2.05, 4.69) is 61.0 Å². The van der Waals surface area contributed by atoms with Crippen LogP contribution in [0.25, 0.3) is 0 Å². The van der Waals surface area contributed by atoms with Crippen LogP contribution < -0.4 is 0 Å². The molecule has 1 aromatic carbocycles. The normalized spacial score (nSPS) is 13.4. The van der Waals surface area contributed by atoms with Gasteiger partial charge in [-0.05, 0) is 41.9 Å². The number of benzene rings is 1. The fourth-order valence-corrected chi connectivity index (χ4v) is 2.46. The minimum atomic E-state index is 0.281. The average molecular weight is 297 g/mol. The molecular formula is C15H21BrO. The van der Waals surface area contributed by atoms with Gasteiger partial charge >= 0.3 is 0 Å². The Balaban J connectivity index is 2.66. The Labute approximate surface area is 113 Å². The van der Waals surface area contributed by atoms with Crippen molar-refractivity contribution in [2.45, 2.75) is 40.0 Å². The third-order valence-electron chi connectivity index (χ3n) is 2.77. The van der Waals surface area contributed by atoms with E-state index in [0.29, 0.717) is 12.3 Å². The summed E-state index contributed by atoms with van der Waals surface area (Å²) < 4.78 is 1.10. The van der Waals surface area contributed by atoms with Gasteiger partial charge in [0.2, 0.25) is 0 Å². The third-order valence-corrected chi connectivity index (χ3v) is 3.30. The Morgan fingerprint density at radius 2 is 1.82 bits per heavy atom. The summed E-state index contributed by atoms with van der Waals surface area (Å²) in [6.07, 6.45) is 3.79. The van der Waals surface area contributed by atoms with Crippen LogP contribution in [0, 0.1) is 11.3 Å². The lowest BCUT2D eigenvalue weighted by Gasteiger charge is -2.24. The van der Waals surface area contributed by atoms with Crippen molar-refractivity contribution in [2.75, 3.05) is 0 Å².